The molecule has 3 rings (SSSR count). The van der Waals surface area contributed by atoms with Gasteiger partial charge in [-0.25, -0.2) is 9.67 Å². The minimum absolute atomic E-state index is 0.127. The Kier molecular flexibility index (Phi) is 2.98. The van der Waals surface area contributed by atoms with E-state index in [1.54, 1.807) is 4.68 Å². The van der Waals surface area contributed by atoms with Gasteiger partial charge in [0.1, 0.15) is 11.3 Å². The zero-order valence-electron chi connectivity index (χ0n) is 10.8. The van der Waals surface area contributed by atoms with Gasteiger partial charge in [0.25, 0.3) is 0 Å². The van der Waals surface area contributed by atoms with E-state index in [-0.39, 0.29) is 5.38 Å². The lowest BCUT2D eigenvalue weighted by Crippen LogP contribution is -2.00. The molecule has 0 aliphatic carbocycles. The molecule has 0 amide bonds. The number of rotatable bonds is 3. The van der Waals surface area contributed by atoms with Crippen LogP contribution in [-0.4, -0.2) is 24.4 Å². The van der Waals surface area contributed by atoms with Gasteiger partial charge in [0.2, 0.25) is 0 Å². The van der Waals surface area contributed by atoms with E-state index in [9.17, 15) is 0 Å². The Morgan fingerprint density at radius 1 is 1.26 bits per heavy atom. The summed E-state index contributed by atoms with van der Waals surface area (Å²) in [5, 5.41) is 7.95. The van der Waals surface area contributed by atoms with Crippen molar-refractivity contribution in [2.24, 2.45) is 0 Å². The smallest absolute Gasteiger partial charge is 0.137 e. The van der Waals surface area contributed by atoms with E-state index >= 15 is 0 Å². The van der Waals surface area contributed by atoms with Gasteiger partial charge in [-0.1, -0.05) is 11.3 Å². The number of fused-ring (bicyclic) bond motifs is 1. The van der Waals surface area contributed by atoms with Gasteiger partial charge in [-0.05, 0) is 25.5 Å². The van der Waals surface area contributed by atoms with Crippen LogP contribution in [0.2, 0.25) is 0 Å². The van der Waals surface area contributed by atoms with Gasteiger partial charge in [-0.2, -0.15) is 0 Å². The number of aryl methyl sites for hydroxylation is 1. The Hall–Kier alpha value is -1.88. The van der Waals surface area contributed by atoms with Gasteiger partial charge in [0, 0.05) is 12.4 Å². The number of hydrogen-bond acceptors (Lipinski definition) is 3. The molecule has 0 aliphatic rings. The monoisotopic (exact) mass is 275 g/mol. The molecule has 19 heavy (non-hydrogen) atoms. The van der Waals surface area contributed by atoms with Gasteiger partial charge in [0.15, 0.2) is 0 Å². The Bertz CT molecular complexity index is 713. The highest BCUT2D eigenvalue weighted by molar-refractivity contribution is 6.20. The van der Waals surface area contributed by atoms with Crippen molar-refractivity contribution in [1.29, 1.82) is 0 Å². The molecule has 0 saturated carbocycles. The maximum atomic E-state index is 5.97. The summed E-state index contributed by atoms with van der Waals surface area (Å²) >= 11 is 5.97. The third-order valence-electron chi connectivity index (χ3n) is 2.94. The normalized spacial score (nSPS) is 13.0. The van der Waals surface area contributed by atoms with Crippen LogP contribution in [0.4, 0.5) is 0 Å². The Balaban J connectivity index is 1.87. The number of halogens is 1. The zero-order valence-corrected chi connectivity index (χ0v) is 11.5. The molecule has 5 nitrogen and oxygen atoms in total. The standard InChI is InChI=1S/C13H14ClN5/c1-9-3-4-13-15-11(6-18(13)5-9)7-19-8-12(10(2)14)16-17-19/h3-6,8,10H,7H2,1-2H3. The zero-order chi connectivity index (χ0) is 13.4. The van der Waals surface area contributed by atoms with Crippen molar-refractivity contribution in [3.8, 4) is 0 Å². The Morgan fingerprint density at radius 2 is 2.11 bits per heavy atom. The number of alkyl halides is 1. The van der Waals surface area contributed by atoms with Crippen LogP contribution in [0.5, 0.6) is 0 Å². The fourth-order valence-corrected chi connectivity index (χ4v) is 2.07. The largest absolute Gasteiger partial charge is 0.306 e. The molecule has 0 fully saturated rings. The van der Waals surface area contributed by atoms with Crippen molar-refractivity contribution in [2.45, 2.75) is 25.8 Å². The number of pyridine rings is 1. The molecule has 0 aromatic carbocycles. The quantitative estimate of drug-likeness (QED) is 0.690. The van der Waals surface area contributed by atoms with Gasteiger partial charge < -0.3 is 4.40 Å². The van der Waals surface area contributed by atoms with E-state index in [0.717, 1.165) is 17.0 Å². The van der Waals surface area contributed by atoms with Crippen LogP contribution >= 0.6 is 11.6 Å². The first kappa shape index (κ1) is 12.2. The molecular formula is C13H14ClN5. The molecule has 0 radical (unpaired) electrons. The van der Waals surface area contributed by atoms with Crippen LogP contribution in [0, 0.1) is 6.92 Å². The number of aromatic nitrogens is 5. The van der Waals surface area contributed by atoms with E-state index in [2.05, 4.69) is 34.5 Å². The van der Waals surface area contributed by atoms with Crippen molar-refractivity contribution in [1.82, 2.24) is 24.4 Å². The summed E-state index contributed by atoms with van der Waals surface area (Å²) in [5.41, 5.74) is 3.87. The van der Waals surface area contributed by atoms with Crippen LogP contribution < -0.4 is 0 Å². The minimum Gasteiger partial charge on any atom is -0.306 e. The van der Waals surface area contributed by atoms with E-state index in [1.165, 1.54) is 5.56 Å². The molecule has 3 heterocycles. The van der Waals surface area contributed by atoms with E-state index in [4.69, 9.17) is 11.6 Å². The van der Waals surface area contributed by atoms with Crippen molar-refractivity contribution in [3.05, 3.63) is 47.7 Å². The van der Waals surface area contributed by atoms with E-state index in [1.807, 2.05) is 29.8 Å². The molecule has 6 heteroatoms. The predicted molar refractivity (Wildman–Crippen MR) is 73.3 cm³/mol. The summed E-state index contributed by atoms with van der Waals surface area (Å²) < 4.78 is 3.77. The SMILES string of the molecule is Cc1ccc2nc(Cn3cc(C(C)Cl)nn3)cn2c1. The molecule has 3 aromatic heterocycles. The average Bonchev–Trinajstić information content (AvgIpc) is 2.95. The highest BCUT2D eigenvalue weighted by Gasteiger charge is 2.08. The predicted octanol–water partition coefficient (Wildman–Crippen LogP) is 2.58. The summed E-state index contributed by atoms with van der Waals surface area (Å²) in [4.78, 5) is 4.54. The molecule has 0 saturated heterocycles. The average molecular weight is 276 g/mol. The van der Waals surface area contributed by atoms with Gasteiger partial charge >= 0.3 is 0 Å². The van der Waals surface area contributed by atoms with E-state index < -0.39 is 0 Å². The number of imidazole rings is 1. The molecule has 0 spiro atoms. The Morgan fingerprint density at radius 3 is 2.84 bits per heavy atom. The van der Waals surface area contributed by atoms with Crippen molar-refractivity contribution in [3.63, 3.8) is 0 Å². The molecule has 98 valence electrons. The summed E-state index contributed by atoms with van der Waals surface area (Å²) in [5.74, 6) is 0. The van der Waals surface area contributed by atoms with Crippen LogP contribution in [0.15, 0.2) is 30.7 Å². The van der Waals surface area contributed by atoms with Gasteiger partial charge in [0.05, 0.1) is 23.8 Å². The highest BCUT2D eigenvalue weighted by Crippen LogP contribution is 2.16. The maximum absolute atomic E-state index is 5.97. The Labute approximate surface area is 115 Å². The third-order valence-corrected chi connectivity index (χ3v) is 3.16. The number of nitrogens with zero attached hydrogens (tertiary/aromatic N) is 5. The molecule has 1 unspecified atom stereocenters. The lowest BCUT2D eigenvalue weighted by atomic mass is 10.3. The van der Waals surface area contributed by atoms with Gasteiger partial charge in [-0.15, -0.1) is 16.7 Å². The highest BCUT2D eigenvalue weighted by atomic mass is 35.5. The summed E-state index contributed by atoms with van der Waals surface area (Å²) in [7, 11) is 0. The fraction of sp³-hybridized carbons (Fsp3) is 0.308. The second kappa shape index (κ2) is 4.66. The first-order valence-corrected chi connectivity index (χ1v) is 6.54. The van der Waals surface area contributed by atoms with Crippen LogP contribution in [0.25, 0.3) is 5.65 Å². The summed E-state index contributed by atoms with van der Waals surface area (Å²) in [6.45, 7) is 4.53. The minimum atomic E-state index is -0.127. The molecule has 0 N–H and O–H groups in total. The maximum Gasteiger partial charge on any atom is 0.137 e. The van der Waals surface area contributed by atoms with Crippen LogP contribution in [-0.2, 0) is 6.54 Å². The molecule has 0 aliphatic heterocycles. The lowest BCUT2D eigenvalue weighted by Gasteiger charge is -1.95. The third kappa shape index (κ3) is 2.46. The van der Waals surface area contributed by atoms with E-state index in [0.29, 0.717) is 6.54 Å². The van der Waals surface area contributed by atoms with Crippen molar-refractivity contribution >= 4 is 17.2 Å². The first-order chi connectivity index (χ1) is 9.11. The molecule has 3 aromatic rings. The molecule has 1 atom stereocenters. The van der Waals surface area contributed by atoms with Crippen LogP contribution in [0.1, 0.15) is 29.3 Å². The van der Waals surface area contributed by atoms with Gasteiger partial charge in [-0.3, -0.25) is 0 Å². The second-order valence-corrected chi connectivity index (χ2v) is 5.32. The topological polar surface area (TPSA) is 48.0 Å². The summed E-state index contributed by atoms with van der Waals surface area (Å²) in [6, 6.07) is 4.06. The van der Waals surface area contributed by atoms with Crippen molar-refractivity contribution in [2.75, 3.05) is 0 Å². The molecule has 0 bridgehead atoms. The lowest BCUT2D eigenvalue weighted by molar-refractivity contribution is 0.640. The number of hydrogen-bond donors (Lipinski definition) is 0. The first-order valence-electron chi connectivity index (χ1n) is 6.10. The fourth-order valence-electron chi connectivity index (χ4n) is 1.97. The van der Waals surface area contributed by atoms with Crippen molar-refractivity contribution < 1.29 is 0 Å². The summed E-state index contributed by atoms with van der Waals surface area (Å²) in [6.07, 6.45) is 5.92. The molecular weight excluding hydrogens is 262 g/mol. The van der Waals surface area contributed by atoms with Crippen LogP contribution in [0.3, 0.4) is 0 Å². The second-order valence-electron chi connectivity index (χ2n) is 4.66.